The third-order valence-electron chi connectivity index (χ3n) is 5.92. The van der Waals surface area contributed by atoms with Gasteiger partial charge in [0.2, 0.25) is 5.96 Å². The lowest BCUT2D eigenvalue weighted by Gasteiger charge is -2.37. The average molecular weight is 442 g/mol. The van der Waals surface area contributed by atoms with Crippen molar-refractivity contribution in [3.63, 3.8) is 0 Å². The van der Waals surface area contributed by atoms with Gasteiger partial charge in [-0.3, -0.25) is 4.90 Å². The van der Waals surface area contributed by atoms with Gasteiger partial charge in [-0.25, -0.2) is 18.8 Å². The number of nitrogens with two attached hydrogens (primary N) is 2. The number of rotatable bonds is 5. The molecule has 0 amide bonds. The molecule has 1 unspecified atom stereocenters. The van der Waals surface area contributed by atoms with Crippen LogP contribution in [0.4, 0.5) is 14.5 Å². The maximum Gasteiger partial charge on any atom is 0.218 e. The van der Waals surface area contributed by atoms with E-state index < -0.39 is 17.3 Å². The zero-order valence-electron chi connectivity index (χ0n) is 17.3. The molecular weight excluding hydrogens is 418 g/mol. The summed E-state index contributed by atoms with van der Waals surface area (Å²) in [5.74, 6) is 0.867. The van der Waals surface area contributed by atoms with Crippen molar-refractivity contribution in [3.8, 4) is 0 Å². The Labute approximate surface area is 183 Å². The lowest BCUT2D eigenvalue weighted by atomic mass is 10.0. The lowest BCUT2D eigenvalue weighted by molar-refractivity contribution is 0.174. The molecule has 1 fully saturated rings. The van der Waals surface area contributed by atoms with Crippen molar-refractivity contribution >= 4 is 17.5 Å². The van der Waals surface area contributed by atoms with Crippen LogP contribution in [0.1, 0.15) is 12.2 Å². The Morgan fingerprint density at radius 1 is 1.12 bits per heavy atom. The summed E-state index contributed by atoms with van der Waals surface area (Å²) in [6.07, 6.45) is 3.85. The molecule has 2 aromatic rings. The fourth-order valence-electron chi connectivity index (χ4n) is 4.25. The molecule has 0 bridgehead atoms. The highest BCUT2D eigenvalue weighted by Gasteiger charge is 2.44. The first-order valence-corrected chi connectivity index (χ1v) is 10.4. The normalized spacial score (nSPS) is 23.6. The quantitative estimate of drug-likeness (QED) is 0.639. The third-order valence-corrected chi connectivity index (χ3v) is 5.92. The van der Waals surface area contributed by atoms with Crippen molar-refractivity contribution in [1.29, 1.82) is 0 Å². The SMILES string of the molecule is NC1=CC2=NC(CCN3CCN(c4cc(F)ccc4F)CC3)(c3ccco3)NN2C(N)=N1. The van der Waals surface area contributed by atoms with Crippen LogP contribution < -0.4 is 21.8 Å². The first kappa shape index (κ1) is 20.5. The van der Waals surface area contributed by atoms with Crippen molar-refractivity contribution < 1.29 is 13.2 Å². The molecule has 1 atom stereocenters. The van der Waals surface area contributed by atoms with Gasteiger partial charge in [0, 0.05) is 51.3 Å². The molecule has 9 nitrogen and oxygen atoms in total. The van der Waals surface area contributed by atoms with Crippen molar-refractivity contribution in [1.82, 2.24) is 15.3 Å². The van der Waals surface area contributed by atoms with Gasteiger partial charge < -0.3 is 20.8 Å². The molecule has 1 aromatic carbocycles. The number of guanidine groups is 1. The van der Waals surface area contributed by atoms with E-state index in [1.807, 2.05) is 17.0 Å². The summed E-state index contributed by atoms with van der Waals surface area (Å²) >= 11 is 0. The van der Waals surface area contributed by atoms with Crippen molar-refractivity contribution in [2.45, 2.75) is 12.1 Å². The number of hydrazine groups is 1. The summed E-state index contributed by atoms with van der Waals surface area (Å²) in [6, 6.07) is 7.22. The van der Waals surface area contributed by atoms with Crippen molar-refractivity contribution in [2.24, 2.45) is 21.5 Å². The number of benzene rings is 1. The van der Waals surface area contributed by atoms with Gasteiger partial charge in [-0.1, -0.05) is 0 Å². The molecule has 168 valence electrons. The predicted molar refractivity (Wildman–Crippen MR) is 116 cm³/mol. The molecule has 0 spiro atoms. The summed E-state index contributed by atoms with van der Waals surface area (Å²) in [7, 11) is 0. The third kappa shape index (κ3) is 3.69. The van der Waals surface area contributed by atoms with Crippen LogP contribution in [0, 0.1) is 11.6 Å². The molecule has 3 aliphatic rings. The van der Waals surface area contributed by atoms with Gasteiger partial charge >= 0.3 is 0 Å². The number of fused-ring (bicyclic) bond motifs is 1. The van der Waals surface area contributed by atoms with Crippen LogP contribution in [-0.2, 0) is 5.66 Å². The summed E-state index contributed by atoms with van der Waals surface area (Å²) in [5, 5.41) is 1.60. The van der Waals surface area contributed by atoms with Gasteiger partial charge in [0.25, 0.3) is 0 Å². The van der Waals surface area contributed by atoms with E-state index in [0.29, 0.717) is 56.4 Å². The molecule has 5 rings (SSSR count). The second kappa shape index (κ2) is 7.92. The standard InChI is InChI=1S/C21H24F2N8O/c22-14-3-4-15(23)16(12-14)30-9-7-29(8-10-30)6-5-21(17-2-1-11-32-17)27-19-13-18(24)26-20(25)31(19)28-21/h1-4,11-13,28H,5-10,24H2,(H2,25,26). The topological polar surface area (TPSA) is 112 Å². The smallest absolute Gasteiger partial charge is 0.218 e. The number of nitrogens with zero attached hydrogens (tertiary/aromatic N) is 5. The number of aliphatic imine (C=N–C) groups is 2. The number of piperazine rings is 1. The van der Waals surface area contributed by atoms with E-state index in [2.05, 4.69) is 15.3 Å². The van der Waals surface area contributed by atoms with Crippen LogP contribution in [0.25, 0.3) is 0 Å². The van der Waals surface area contributed by atoms with Crippen LogP contribution in [0.2, 0.25) is 0 Å². The Morgan fingerprint density at radius 2 is 1.94 bits per heavy atom. The molecular formula is C21H24F2N8O. The van der Waals surface area contributed by atoms with Gasteiger partial charge in [-0.15, -0.1) is 0 Å². The van der Waals surface area contributed by atoms with E-state index in [1.54, 1.807) is 17.3 Å². The molecule has 0 saturated carbocycles. The van der Waals surface area contributed by atoms with Gasteiger partial charge in [-0.05, 0) is 24.3 Å². The van der Waals surface area contributed by atoms with Crippen LogP contribution in [0.5, 0.6) is 0 Å². The number of amidine groups is 1. The van der Waals surface area contributed by atoms with E-state index in [0.717, 1.165) is 6.07 Å². The fourth-order valence-corrected chi connectivity index (χ4v) is 4.25. The lowest BCUT2D eigenvalue weighted by Crippen LogP contribution is -2.54. The van der Waals surface area contributed by atoms with Gasteiger partial charge in [0.05, 0.1) is 12.0 Å². The van der Waals surface area contributed by atoms with Crippen molar-refractivity contribution in [3.05, 3.63) is 65.9 Å². The molecule has 32 heavy (non-hydrogen) atoms. The van der Waals surface area contributed by atoms with E-state index in [1.165, 1.54) is 12.1 Å². The minimum Gasteiger partial charge on any atom is -0.465 e. The number of furan rings is 1. The Balaban J connectivity index is 1.28. The summed E-state index contributed by atoms with van der Waals surface area (Å²) < 4.78 is 33.4. The van der Waals surface area contributed by atoms with E-state index in [-0.39, 0.29) is 11.8 Å². The molecule has 0 radical (unpaired) electrons. The summed E-state index contributed by atoms with van der Waals surface area (Å²) in [6.45, 7) is 3.32. The van der Waals surface area contributed by atoms with Crippen LogP contribution in [0.3, 0.4) is 0 Å². The summed E-state index contributed by atoms with van der Waals surface area (Å²) in [5.41, 5.74) is 14.6. The maximum absolute atomic E-state index is 14.1. The molecule has 11 heteroatoms. The molecule has 4 heterocycles. The Hall–Kier alpha value is -3.44. The van der Waals surface area contributed by atoms with E-state index >= 15 is 0 Å². The first-order chi connectivity index (χ1) is 15.4. The molecule has 0 aliphatic carbocycles. The zero-order valence-corrected chi connectivity index (χ0v) is 17.3. The zero-order chi connectivity index (χ0) is 22.3. The van der Waals surface area contributed by atoms with E-state index in [9.17, 15) is 8.78 Å². The molecule has 1 saturated heterocycles. The minimum absolute atomic E-state index is 0.211. The highest BCUT2D eigenvalue weighted by molar-refractivity contribution is 6.08. The first-order valence-electron chi connectivity index (χ1n) is 10.4. The second-order valence-electron chi connectivity index (χ2n) is 7.97. The molecule has 5 N–H and O–H groups in total. The van der Waals surface area contributed by atoms with Crippen molar-refractivity contribution in [2.75, 3.05) is 37.6 Å². The molecule has 3 aliphatic heterocycles. The largest absolute Gasteiger partial charge is 0.465 e. The van der Waals surface area contributed by atoms with Crippen LogP contribution in [0.15, 0.2) is 62.9 Å². The highest BCUT2D eigenvalue weighted by Crippen LogP contribution is 2.34. The average Bonchev–Trinajstić information content (AvgIpc) is 3.44. The minimum atomic E-state index is -0.855. The number of anilines is 1. The highest BCUT2D eigenvalue weighted by atomic mass is 19.1. The molecule has 1 aromatic heterocycles. The fraction of sp³-hybridized carbons (Fsp3) is 0.333. The number of hydrogen-bond acceptors (Lipinski definition) is 9. The maximum atomic E-state index is 14.1. The second-order valence-corrected chi connectivity index (χ2v) is 7.97. The number of halogens is 2. The monoisotopic (exact) mass is 442 g/mol. The number of hydrogen-bond donors (Lipinski definition) is 3. The predicted octanol–water partition coefficient (Wildman–Crippen LogP) is 1.27. The Bertz CT molecular complexity index is 1090. The van der Waals surface area contributed by atoms with Crippen LogP contribution >= 0.6 is 0 Å². The summed E-state index contributed by atoms with van der Waals surface area (Å²) in [4.78, 5) is 13.1. The van der Waals surface area contributed by atoms with Crippen LogP contribution in [-0.4, -0.2) is 54.4 Å². The Morgan fingerprint density at radius 3 is 2.69 bits per heavy atom. The van der Waals surface area contributed by atoms with Gasteiger partial charge in [0.15, 0.2) is 11.5 Å². The van der Waals surface area contributed by atoms with Gasteiger partial charge in [-0.2, -0.15) is 10.4 Å². The Kier molecular flexibility index (Phi) is 5.06. The van der Waals surface area contributed by atoms with Gasteiger partial charge in [0.1, 0.15) is 23.2 Å². The number of nitrogens with one attached hydrogen (secondary N) is 1. The van der Waals surface area contributed by atoms with E-state index in [4.69, 9.17) is 20.9 Å².